The molecule has 0 saturated carbocycles. The second-order valence-electron chi connectivity index (χ2n) is 12.7. The summed E-state index contributed by atoms with van der Waals surface area (Å²) in [6.45, 7) is 18.0. The van der Waals surface area contributed by atoms with Gasteiger partial charge in [-0.3, -0.25) is 0 Å². The maximum absolute atomic E-state index is 11.8. The van der Waals surface area contributed by atoms with E-state index in [1.165, 1.54) is 39.8 Å². The minimum Gasteiger partial charge on any atom is -0.507 e. The van der Waals surface area contributed by atoms with Crippen molar-refractivity contribution in [1.82, 2.24) is 0 Å². The predicted molar refractivity (Wildman–Crippen MR) is 158 cm³/mol. The van der Waals surface area contributed by atoms with Crippen molar-refractivity contribution in [3.63, 3.8) is 0 Å². The lowest BCUT2D eigenvalue weighted by atomic mass is 9.74. The zero-order chi connectivity index (χ0) is 27.4. The van der Waals surface area contributed by atoms with E-state index in [4.69, 9.17) is 0 Å². The number of hydrogen-bond acceptors (Lipinski definition) is 2. The van der Waals surface area contributed by atoms with Gasteiger partial charge in [-0.2, -0.15) is 0 Å². The normalized spacial score (nSPS) is 13.1. The third-order valence-electron chi connectivity index (χ3n) is 7.52. The fraction of sp³-hybridized carbons (Fsp3) is 0.486. The van der Waals surface area contributed by atoms with E-state index in [0.717, 1.165) is 30.4 Å². The number of unbranched alkanes of at least 4 members (excludes halogenated alkanes) is 1. The van der Waals surface area contributed by atoms with Gasteiger partial charge in [0.15, 0.2) is 0 Å². The summed E-state index contributed by atoms with van der Waals surface area (Å²) in [5.74, 6) is 0.309. The van der Waals surface area contributed by atoms with Gasteiger partial charge in [-0.25, -0.2) is 0 Å². The smallest absolute Gasteiger partial charge is 0.123 e. The molecule has 0 spiro atoms. The van der Waals surface area contributed by atoms with Crippen LogP contribution in [0.2, 0.25) is 0 Å². The van der Waals surface area contributed by atoms with Gasteiger partial charge < -0.3 is 10.2 Å². The van der Waals surface area contributed by atoms with E-state index >= 15 is 0 Å². The molecule has 3 aromatic carbocycles. The van der Waals surface area contributed by atoms with Gasteiger partial charge in [-0.15, -0.1) is 0 Å². The molecule has 0 bridgehead atoms. The Labute approximate surface area is 225 Å². The molecule has 2 heteroatoms. The number of aryl methyl sites for hydroxylation is 2. The average molecular weight is 501 g/mol. The van der Waals surface area contributed by atoms with E-state index in [9.17, 15) is 10.2 Å². The fourth-order valence-electron chi connectivity index (χ4n) is 5.51. The second-order valence-corrected chi connectivity index (χ2v) is 12.7. The summed E-state index contributed by atoms with van der Waals surface area (Å²) in [7, 11) is 0. The van der Waals surface area contributed by atoms with E-state index in [1.54, 1.807) is 0 Å². The molecule has 0 aliphatic heterocycles. The SMILES string of the molecule is CCCCc1cc(C(c2ccccc2)c2cc(CCCO)cc(C(C)(C)C)c2O)c(C)c(C(C)(C)C)c1. The number of rotatable bonds is 9. The first-order chi connectivity index (χ1) is 17.4. The number of phenols is 1. The molecule has 0 radical (unpaired) electrons. The number of aliphatic hydroxyl groups excluding tert-OH is 1. The van der Waals surface area contributed by atoms with Gasteiger partial charge in [0, 0.05) is 18.1 Å². The Balaban J connectivity index is 2.40. The standard InChI is InChI=1S/C35H48O2/c1-9-10-15-25-20-28(24(2)30(22-25)34(3,4)5)32(27-17-12-11-13-18-27)29-21-26(16-14-19-36)23-31(33(29)37)35(6,7)8/h11-13,17-18,20-23,32,36-37H,9-10,14-16,19H2,1-8H3. The van der Waals surface area contributed by atoms with Gasteiger partial charge in [0.05, 0.1) is 0 Å². The Kier molecular flexibility index (Phi) is 9.29. The number of benzene rings is 3. The van der Waals surface area contributed by atoms with E-state index in [0.29, 0.717) is 12.2 Å². The third-order valence-corrected chi connectivity index (χ3v) is 7.52. The van der Waals surface area contributed by atoms with Crippen molar-refractivity contribution < 1.29 is 10.2 Å². The number of phenolic OH excluding ortho intramolecular Hbond substituents is 1. The Morgan fingerprint density at radius 1 is 0.730 bits per heavy atom. The summed E-state index contributed by atoms with van der Waals surface area (Å²) in [6.07, 6.45) is 4.89. The quantitative estimate of drug-likeness (QED) is 0.288. The molecule has 37 heavy (non-hydrogen) atoms. The second kappa shape index (κ2) is 11.9. The molecule has 200 valence electrons. The molecule has 0 aliphatic carbocycles. The zero-order valence-electron chi connectivity index (χ0n) is 24.4. The van der Waals surface area contributed by atoms with Crippen molar-refractivity contribution in [3.8, 4) is 5.75 Å². The fourth-order valence-corrected chi connectivity index (χ4v) is 5.51. The number of aliphatic hydroxyl groups is 1. The molecule has 0 heterocycles. The minimum absolute atomic E-state index is 0.0177. The Bertz CT molecular complexity index is 1100. The molecule has 1 unspecified atom stereocenters. The van der Waals surface area contributed by atoms with Crippen molar-refractivity contribution in [2.75, 3.05) is 6.61 Å². The van der Waals surface area contributed by atoms with Crippen LogP contribution in [0.5, 0.6) is 5.75 Å². The topological polar surface area (TPSA) is 40.5 Å². The van der Waals surface area contributed by atoms with Gasteiger partial charge >= 0.3 is 0 Å². The summed E-state index contributed by atoms with van der Waals surface area (Å²) >= 11 is 0. The third kappa shape index (κ3) is 6.85. The van der Waals surface area contributed by atoms with E-state index in [-0.39, 0.29) is 23.4 Å². The van der Waals surface area contributed by atoms with E-state index in [2.05, 4.69) is 110 Å². The monoisotopic (exact) mass is 500 g/mol. The van der Waals surface area contributed by atoms with Crippen LogP contribution in [-0.2, 0) is 23.7 Å². The average Bonchev–Trinajstić information content (AvgIpc) is 2.83. The predicted octanol–water partition coefficient (Wildman–Crippen LogP) is 8.74. The summed E-state index contributed by atoms with van der Waals surface area (Å²) < 4.78 is 0. The maximum atomic E-state index is 11.8. The number of hydrogen-bond donors (Lipinski definition) is 2. The largest absolute Gasteiger partial charge is 0.507 e. The van der Waals surface area contributed by atoms with Crippen molar-refractivity contribution in [1.29, 1.82) is 0 Å². The Hall–Kier alpha value is -2.58. The summed E-state index contributed by atoms with van der Waals surface area (Å²) in [6, 6.07) is 19.8. The molecule has 1 atom stereocenters. The molecule has 3 aromatic rings. The van der Waals surface area contributed by atoms with Crippen LogP contribution in [-0.4, -0.2) is 16.8 Å². The molecule has 2 nitrogen and oxygen atoms in total. The van der Waals surface area contributed by atoms with Crippen LogP contribution in [0.1, 0.15) is 118 Å². The van der Waals surface area contributed by atoms with Crippen LogP contribution in [0.3, 0.4) is 0 Å². The zero-order valence-corrected chi connectivity index (χ0v) is 24.4. The van der Waals surface area contributed by atoms with Crippen LogP contribution >= 0.6 is 0 Å². The van der Waals surface area contributed by atoms with Crippen molar-refractivity contribution in [3.05, 3.63) is 99.1 Å². The highest BCUT2D eigenvalue weighted by Crippen LogP contribution is 2.45. The van der Waals surface area contributed by atoms with Gasteiger partial charge in [0.2, 0.25) is 0 Å². The van der Waals surface area contributed by atoms with Gasteiger partial charge in [-0.05, 0) is 82.4 Å². The molecule has 0 saturated heterocycles. The lowest BCUT2D eigenvalue weighted by Gasteiger charge is -2.31. The van der Waals surface area contributed by atoms with Crippen molar-refractivity contribution in [2.24, 2.45) is 0 Å². The van der Waals surface area contributed by atoms with Gasteiger partial charge in [0.25, 0.3) is 0 Å². The Morgan fingerprint density at radius 3 is 1.81 bits per heavy atom. The van der Waals surface area contributed by atoms with E-state index < -0.39 is 0 Å². The van der Waals surface area contributed by atoms with Gasteiger partial charge in [0.1, 0.15) is 5.75 Å². The van der Waals surface area contributed by atoms with Gasteiger partial charge in [-0.1, -0.05) is 109 Å². The summed E-state index contributed by atoms with van der Waals surface area (Å²) in [4.78, 5) is 0. The molecule has 0 fully saturated rings. The first-order valence-electron chi connectivity index (χ1n) is 14.0. The lowest BCUT2D eigenvalue weighted by Crippen LogP contribution is -2.18. The van der Waals surface area contributed by atoms with Crippen LogP contribution in [0.15, 0.2) is 54.6 Å². The summed E-state index contributed by atoms with van der Waals surface area (Å²) in [5, 5.41) is 21.4. The molecular formula is C35H48O2. The van der Waals surface area contributed by atoms with Crippen molar-refractivity contribution >= 4 is 0 Å². The van der Waals surface area contributed by atoms with Crippen LogP contribution in [0, 0.1) is 6.92 Å². The highest BCUT2D eigenvalue weighted by Gasteiger charge is 2.30. The first-order valence-corrected chi connectivity index (χ1v) is 14.0. The minimum atomic E-state index is -0.204. The first kappa shape index (κ1) is 29.0. The molecule has 0 aliphatic rings. The van der Waals surface area contributed by atoms with Crippen LogP contribution < -0.4 is 0 Å². The molecular weight excluding hydrogens is 452 g/mol. The van der Waals surface area contributed by atoms with Crippen molar-refractivity contribution in [2.45, 2.75) is 104 Å². The van der Waals surface area contributed by atoms with Crippen LogP contribution in [0.4, 0.5) is 0 Å². The lowest BCUT2D eigenvalue weighted by molar-refractivity contribution is 0.288. The van der Waals surface area contributed by atoms with Crippen LogP contribution in [0.25, 0.3) is 0 Å². The molecule has 3 rings (SSSR count). The highest BCUT2D eigenvalue weighted by molar-refractivity contribution is 5.58. The maximum Gasteiger partial charge on any atom is 0.123 e. The van der Waals surface area contributed by atoms with E-state index in [1.807, 2.05) is 0 Å². The summed E-state index contributed by atoms with van der Waals surface area (Å²) in [5.41, 5.74) is 9.43. The number of aromatic hydroxyl groups is 1. The Morgan fingerprint density at radius 2 is 1.27 bits per heavy atom. The highest BCUT2D eigenvalue weighted by atomic mass is 16.3. The molecule has 2 N–H and O–H groups in total. The molecule has 0 amide bonds. The molecule has 0 aromatic heterocycles.